The van der Waals surface area contributed by atoms with Crippen molar-refractivity contribution in [1.82, 2.24) is 0 Å². The van der Waals surface area contributed by atoms with Gasteiger partial charge < -0.3 is 24.4 Å². The molecule has 8 atom stereocenters. The van der Waals surface area contributed by atoms with Crippen LogP contribution in [-0.2, 0) is 13.6 Å². The molecule has 0 bridgehead atoms. The van der Waals surface area contributed by atoms with E-state index in [0.717, 1.165) is 38.5 Å². The Balaban J connectivity index is 2.31. The SMILES string of the molecule is CC(C)[C@H]1CC[C@@H](C)C[C@H]1OP(=O)(O[C@@H]1C[C@H](C)CC[C@@H]1C(C)C)[C@@H](O)[C@H](O)CO. The molecule has 0 radical (unpaired) electrons. The summed E-state index contributed by atoms with van der Waals surface area (Å²) in [6.07, 6.45) is 3.54. The van der Waals surface area contributed by atoms with Gasteiger partial charge in [0, 0.05) is 0 Å². The van der Waals surface area contributed by atoms with Crippen molar-refractivity contribution in [3.63, 3.8) is 0 Å². The molecule has 6 nitrogen and oxygen atoms in total. The average Bonchev–Trinajstić information content (AvgIpc) is 2.66. The first-order valence-corrected chi connectivity index (χ1v) is 13.5. The van der Waals surface area contributed by atoms with Gasteiger partial charge in [-0.05, 0) is 61.2 Å². The zero-order chi connectivity index (χ0) is 22.6. The summed E-state index contributed by atoms with van der Waals surface area (Å²) in [5, 5.41) is 30.3. The molecule has 0 aromatic rings. The van der Waals surface area contributed by atoms with Crippen molar-refractivity contribution in [3.8, 4) is 0 Å². The lowest BCUT2D eigenvalue weighted by Crippen LogP contribution is -2.40. The summed E-state index contributed by atoms with van der Waals surface area (Å²) < 4.78 is 26.4. The predicted octanol–water partition coefficient (Wildman–Crippen LogP) is 4.81. The van der Waals surface area contributed by atoms with Gasteiger partial charge in [-0.25, -0.2) is 0 Å². The summed E-state index contributed by atoms with van der Waals surface area (Å²) in [5.74, 6) is 0.291. The fourth-order valence-electron chi connectivity index (χ4n) is 5.30. The molecule has 0 unspecified atom stereocenters. The van der Waals surface area contributed by atoms with E-state index in [4.69, 9.17) is 9.05 Å². The van der Waals surface area contributed by atoms with E-state index in [1.165, 1.54) is 0 Å². The van der Waals surface area contributed by atoms with E-state index >= 15 is 0 Å². The van der Waals surface area contributed by atoms with Crippen molar-refractivity contribution in [3.05, 3.63) is 0 Å². The number of aliphatic hydroxyl groups excluding tert-OH is 3. The van der Waals surface area contributed by atoms with Gasteiger partial charge in [0.2, 0.25) is 0 Å². The van der Waals surface area contributed by atoms with Crippen LogP contribution in [0.15, 0.2) is 0 Å². The molecule has 2 rings (SSSR count). The molecule has 0 heterocycles. The first-order valence-electron chi connectivity index (χ1n) is 11.9. The molecular weight excluding hydrogens is 403 g/mol. The molecule has 0 aromatic carbocycles. The molecule has 0 amide bonds. The molecule has 2 fully saturated rings. The molecule has 30 heavy (non-hydrogen) atoms. The summed E-state index contributed by atoms with van der Waals surface area (Å²) in [6, 6.07) is 0. The minimum absolute atomic E-state index is 0.225. The second kappa shape index (κ2) is 11.2. The molecule has 0 aliphatic heterocycles. The fourth-order valence-corrected chi connectivity index (χ4v) is 7.36. The highest BCUT2D eigenvalue weighted by molar-refractivity contribution is 7.54. The van der Waals surface area contributed by atoms with Crippen LogP contribution in [0, 0.1) is 35.5 Å². The van der Waals surface area contributed by atoms with Crippen LogP contribution in [0.25, 0.3) is 0 Å². The molecule has 2 saturated carbocycles. The van der Waals surface area contributed by atoms with Gasteiger partial charge in [0.25, 0.3) is 0 Å². The number of hydrogen-bond acceptors (Lipinski definition) is 6. The molecule has 7 heteroatoms. The molecule has 2 aliphatic rings. The Hall–Kier alpha value is 0.0300. The van der Waals surface area contributed by atoms with Crippen LogP contribution in [0.5, 0.6) is 0 Å². The molecule has 0 saturated heterocycles. The molecule has 2 aliphatic carbocycles. The smallest absolute Gasteiger partial charge is 0.362 e. The Morgan fingerprint density at radius 3 is 1.57 bits per heavy atom. The van der Waals surface area contributed by atoms with Crippen LogP contribution in [0.2, 0.25) is 0 Å². The summed E-state index contributed by atoms with van der Waals surface area (Å²) in [7, 11) is -4.08. The first kappa shape index (κ1) is 26.3. The maximum absolute atomic E-state index is 14.0. The second-order valence-corrected chi connectivity index (χ2v) is 12.7. The van der Waals surface area contributed by atoms with Crippen LogP contribution in [0.1, 0.15) is 80.1 Å². The number of hydrogen-bond donors (Lipinski definition) is 3. The number of aliphatic hydroxyl groups is 3. The average molecular weight is 449 g/mol. The van der Waals surface area contributed by atoms with Crippen molar-refractivity contribution in [2.24, 2.45) is 35.5 Å². The lowest BCUT2D eigenvalue weighted by atomic mass is 9.75. The molecule has 178 valence electrons. The highest BCUT2D eigenvalue weighted by Crippen LogP contribution is 2.59. The van der Waals surface area contributed by atoms with E-state index < -0.39 is 26.2 Å². The summed E-state index contributed by atoms with van der Waals surface area (Å²) in [5.41, 5.74) is 0. The minimum atomic E-state index is -4.08. The van der Waals surface area contributed by atoms with Crippen LogP contribution in [0.4, 0.5) is 0 Å². The number of rotatable bonds is 9. The van der Waals surface area contributed by atoms with Crippen molar-refractivity contribution in [2.75, 3.05) is 6.61 Å². The molecule has 0 aromatic heterocycles. The van der Waals surface area contributed by atoms with Gasteiger partial charge in [-0.3, -0.25) is 4.57 Å². The first-order chi connectivity index (χ1) is 14.0. The Morgan fingerprint density at radius 1 is 0.833 bits per heavy atom. The quantitative estimate of drug-likeness (QED) is 0.438. The predicted molar refractivity (Wildman–Crippen MR) is 119 cm³/mol. The van der Waals surface area contributed by atoms with Crippen LogP contribution >= 0.6 is 7.60 Å². The van der Waals surface area contributed by atoms with E-state index in [9.17, 15) is 19.9 Å². The zero-order valence-corrected chi connectivity index (χ0v) is 20.6. The summed E-state index contributed by atoms with van der Waals surface area (Å²) >= 11 is 0. The van der Waals surface area contributed by atoms with Crippen LogP contribution < -0.4 is 0 Å². The Morgan fingerprint density at radius 2 is 1.23 bits per heavy atom. The fraction of sp³-hybridized carbons (Fsp3) is 1.00. The van der Waals surface area contributed by atoms with Crippen molar-refractivity contribution < 1.29 is 28.9 Å². The maximum atomic E-state index is 14.0. The minimum Gasteiger partial charge on any atom is -0.394 e. The molecule has 3 N–H and O–H groups in total. The van der Waals surface area contributed by atoms with Gasteiger partial charge in [0.1, 0.15) is 6.10 Å². The highest BCUT2D eigenvalue weighted by Gasteiger charge is 2.48. The highest BCUT2D eigenvalue weighted by atomic mass is 31.2. The Labute approximate surface area is 183 Å². The van der Waals surface area contributed by atoms with Crippen molar-refractivity contribution >= 4 is 7.60 Å². The van der Waals surface area contributed by atoms with E-state index in [1.54, 1.807) is 0 Å². The zero-order valence-electron chi connectivity index (χ0n) is 19.7. The topological polar surface area (TPSA) is 96.2 Å². The van der Waals surface area contributed by atoms with E-state index in [1.807, 2.05) is 0 Å². The third-order valence-corrected chi connectivity index (χ3v) is 9.46. The standard InChI is InChI=1S/C23H45O6P/c1-14(2)18-9-7-16(5)11-21(18)28-30(27,23(26)20(25)13-24)29-22-12-17(6)8-10-19(22)15(3)4/h14-26H,7-13H2,1-6H3/t16-,17-,18-,19-,20-,21-,22-,23-/m1/s1. The third-order valence-electron chi connectivity index (χ3n) is 7.34. The second-order valence-electron chi connectivity index (χ2n) is 10.6. The van der Waals surface area contributed by atoms with E-state index in [2.05, 4.69) is 41.5 Å². The van der Waals surface area contributed by atoms with E-state index in [0.29, 0.717) is 23.7 Å². The van der Waals surface area contributed by atoms with E-state index in [-0.39, 0.29) is 24.0 Å². The summed E-state index contributed by atoms with van der Waals surface area (Å²) in [4.78, 5) is 0. The maximum Gasteiger partial charge on any atom is 0.362 e. The Bertz CT molecular complexity index is 530. The van der Waals surface area contributed by atoms with Gasteiger partial charge in [0.05, 0.1) is 18.8 Å². The molecule has 0 spiro atoms. The lowest BCUT2D eigenvalue weighted by Gasteiger charge is -2.43. The normalized spacial score (nSPS) is 35.6. The monoisotopic (exact) mass is 448 g/mol. The van der Waals surface area contributed by atoms with Gasteiger partial charge in [-0.2, -0.15) is 0 Å². The van der Waals surface area contributed by atoms with Crippen LogP contribution in [0.3, 0.4) is 0 Å². The van der Waals surface area contributed by atoms with Crippen molar-refractivity contribution in [2.45, 2.75) is 104 Å². The molecular formula is C23H45O6P. The van der Waals surface area contributed by atoms with Crippen molar-refractivity contribution in [1.29, 1.82) is 0 Å². The lowest BCUT2D eigenvalue weighted by molar-refractivity contribution is -0.0382. The van der Waals surface area contributed by atoms with Gasteiger partial charge >= 0.3 is 7.60 Å². The van der Waals surface area contributed by atoms with Gasteiger partial charge in [-0.15, -0.1) is 0 Å². The largest absolute Gasteiger partial charge is 0.394 e. The van der Waals surface area contributed by atoms with Gasteiger partial charge in [-0.1, -0.05) is 54.4 Å². The van der Waals surface area contributed by atoms with Gasteiger partial charge in [0.15, 0.2) is 5.85 Å². The third kappa shape index (κ3) is 6.52. The summed E-state index contributed by atoms with van der Waals surface area (Å²) in [6.45, 7) is 12.2. The van der Waals surface area contributed by atoms with Crippen LogP contribution in [-0.4, -0.2) is 46.1 Å². The Kier molecular flexibility index (Phi) is 9.85.